The molecule has 0 N–H and O–H groups in total. The molecule has 0 saturated heterocycles. The molecule has 1 aliphatic heterocycles. The molecule has 4 rings (SSSR count). The van der Waals surface area contributed by atoms with Gasteiger partial charge in [-0.15, -0.1) is 0 Å². The van der Waals surface area contributed by atoms with Gasteiger partial charge in [0.25, 0.3) is 0 Å². The van der Waals surface area contributed by atoms with Crippen LogP contribution < -0.4 is 9.64 Å². The third kappa shape index (κ3) is 1.86. The van der Waals surface area contributed by atoms with Crippen molar-refractivity contribution in [3.05, 3.63) is 66.9 Å². The number of para-hydroxylation sites is 3. The lowest BCUT2D eigenvalue weighted by atomic mass is 10.1. The number of hydrogen-bond donors (Lipinski definition) is 0. The van der Waals surface area contributed by atoms with Crippen LogP contribution in [0.5, 0.6) is 11.5 Å². The van der Waals surface area contributed by atoms with Gasteiger partial charge >= 0.3 is 0 Å². The fraction of sp³-hybridized carbons (Fsp3) is 0.0556. The second-order valence-corrected chi connectivity index (χ2v) is 5.00. The summed E-state index contributed by atoms with van der Waals surface area (Å²) in [4.78, 5) is 6.59. The quantitative estimate of drug-likeness (QED) is 0.647. The minimum Gasteiger partial charge on any atom is -0.452 e. The molecule has 3 heteroatoms. The number of fused-ring (bicyclic) bond motifs is 2. The molecule has 0 radical (unpaired) electrons. The summed E-state index contributed by atoms with van der Waals surface area (Å²) in [5, 5.41) is 0. The summed E-state index contributed by atoms with van der Waals surface area (Å²) in [6.45, 7) is 0. The van der Waals surface area contributed by atoms with Crippen LogP contribution in [0.1, 0.15) is 0 Å². The first-order valence-electron chi connectivity index (χ1n) is 6.89. The summed E-state index contributed by atoms with van der Waals surface area (Å²) in [5.41, 5.74) is 4.05. The van der Waals surface area contributed by atoms with Gasteiger partial charge in [0.15, 0.2) is 11.5 Å². The van der Waals surface area contributed by atoms with E-state index in [1.165, 1.54) is 0 Å². The van der Waals surface area contributed by atoms with E-state index in [1.54, 1.807) is 6.20 Å². The molecule has 102 valence electrons. The van der Waals surface area contributed by atoms with E-state index in [0.29, 0.717) is 0 Å². The number of aromatic nitrogens is 1. The highest BCUT2D eigenvalue weighted by Gasteiger charge is 2.24. The summed E-state index contributed by atoms with van der Waals surface area (Å²) < 4.78 is 6.15. The Balaban J connectivity index is 1.92. The van der Waals surface area contributed by atoms with E-state index in [0.717, 1.165) is 34.1 Å². The molecule has 1 aliphatic rings. The van der Waals surface area contributed by atoms with Crippen LogP contribution >= 0.6 is 0 Å². The number of anilines is 2. The van der Waals surface area contributed by atoms with E-state index < -0.39 is 0 Å². The molecular weight excluding hydrogens is 260 g/mol. The molecule has 2 aromatic carbocycles. The average molecular weight is 274 g/mol. The fourth-order valence-corrected chi connectivity index (χ4v) is 2.68. The van der Waals surface area contributed by atoms with Crippen molar-refractivity contribution >= 4 is 11.4 Å². The molecule has 1 aromatic heterocycles. The molecule has 0 bridgehead atoms. The van der Waals surface area contributed by atoms with E-state index in [-0.39, 0.29) is 0 Å². The Morgan fingerprint density at radius 2 is 1.67 bits per heavy atom. The lowest BCUT2D eigenvalue weighted by Crippen LogP contribution is -2.15. The highest BCUT2D eigenvalue weighted by atomic mass is 16.5. The van der Waals surface area contributed by atoms with Gasteiger partial charge in [0.2, 0.25) is 0 Å². The van der Waals surface area contributed by atoms with Gasteiger partial charge in [0.1, 0.15) is 0 Å². The molecule has 0 atom stereocenters. The van der Waals surface area contributed by atoms with Crippen molar-refractivity contribution in [2.45, 2.75) is 0 Å². The van der Waals surface area contributed by atoms with Gasteiger partial charge in [0, 0.05) is 18.8 Å². The van der Waals surface area contributed by atoms with E-state index >= 15 is 0 Å². The molecule has 2 heterocycles. The first-order chi connectivity index (χ1) is 10.3. The third-order valence-electron chi connectivity index (χ3n) is 3.74. The zero-order valence-electron chi connectivity index (χ0n) is 11.7. The predicted molar refractivity (Wildman–Crippen MR) is 84.3 cm³/mol. The zero-order valence-corrected chi connectivity index (χ0v) is 11.7. The van der Waals surface area contributed by atoms with Gasteiger partial charge in [-0.3, -0.25) is 4.98 Å². The average Bonchev–Trinajstić information content (AvgIpc) is 2.56. The Hall–Kier alpha value is -2.81. The Bertz CT molecular complexity index is 799. The van der Waals surface area contributed by atoms with Crippen LogP contribution in [0.3, 0.4) is 0 Å². The molecule has 21 heavy (non-hydrogen) atoms. The first kappa shape index (κ1) is 12.0. The Labute approximate surface area is 123 Å². The highest BCUT2D eigenvalue weighted by Crippen LogP contribution is 2.49. The van der Waals surface area contributed by atoms with E-state index in [2.05, 4.69) is 29.1 Å². The molecule has 3 nitrogen and oxygen atoms in total. The Kier molecular flexibility index (Phi) is 2.64. The van der Waals surface area contributed by atoms with Crippen LogP contribution in [0.15, 0.2) is 66.9 Å². The number of pyridine rings is 1. The van der Waals surface area contributed by atoms with Crippen molar-refractivity contribution in [2.75, 3.05) is 11.9 Å². The Morgan fingerprint density at radius 1 is 0.857 bits per heavy atom. The monoisotopic (exact) mass is 274 g/mol. The highest BCUT2D eigenvalue weighted by molar-refractivity contribution is 5.84. The summed E-state index contributed by atoms with van der Waals surface area (Å²) in [5.74, 6) is 1.73. The molecule has 0 aliphatic carbocycles. The van der Waals surface area contributed by atoms with E-state index in [9.17, 15) is 0 Å². The smallest absolute Gasteiger partial charge is 0.160 e. The molecule has 0 fully saturated rings. The number of benzene rings is 2. The Morgan fingerprint density at radius 3 is 2.52 bits per heavy atom. The molecule has 0 spiro atoms. The number of rotatable bonds is 1. The lowest BCUT2D eigenvalue weighted by molar-refractivity contribution is 0.477. The first-order valence-corrected chi connectivity index (χ1v) is 6.89. The van der Waals surface area contributed by atoms with E-state index in [1.807, 2.05) is 48.5 Å². The van der Waals surface area contributed by atoms with Gasteiger partial charge in [-0.1, -0.05) is 24.3 Å². The second-order valence-electron chi connectivity index (χ2n) is 5.00. The zero-order chi connectivity index (χ0) is 14.2. The SMILES string of the molecule is CN1c2ccccc2Oc2c(-c3ccccn3)cccc21. The molecule has 3 aromatic rings. The number of hydrogen-bond acceptors (Lipinski definition) is 3. The van der Waals surface area contributed by atoms with Crippen LogP contribution in [0.25, 0.3) is 11.3 Å². The largest absolute Gasteiger partial charge is 0.452 e. The normalized spacial score (nSPS) is 12.3. The standard InChI is InChI=1S/C18H14N2O/c1-20-15-9-2-3-11-17(15)21-18-13(7-6-10-16(18)20)14-8-4-5-12-19-14/h2-12H,1H3. The molecule has 0 unspecified atom stereocenters. The number of nitrogens with zero attached hydrogens (tertiary/aromatic N) is 2. The van der Waals surface area contributed by atoms with Crippen LogP contribution in [-0.4, -0.2) is 12.0 Å². The predicted octanol–water partition coefficient (Wildman–Crippen LogP) is 4.62. The summed E-state index contributed by atoms with van der Waals surface area (Å²) in [6.07, 6.45) is 1.80. The van der Waals surface area contributed by atoms with Crippen LogP contribution in [0, 0.1) is 0 Å². The van der Waals surface area contributed by atoms with Crippen LogP contribution in [0.2, 0.25) is 0 Å². The van der Waals surface area contributed by atoms with Crippen molar-refractivity contribution in [2.24, 2.45) is 0 Å². The fourth-order valence-electron chi connectivity index (χ4n) is 2.68. The van der Waals surface area contributed by atoms with Gasteiger partial charge in [0.05, 0.1) is 17.1 Å². The maximum Gasteiger partial charge on any atom is 0.160 e. The minimum atomic E-state index is 0.859. The third-order valence-corrected chi connectivity index (χ3v) is 3.74. The number of ether oxygens (including phenoxy) is 1. The molecular formula is C18H14N2O. The second kappa shape index (κ2) is 4.63. The van der Waals surface area contributed by atoms with Gasteiger partial charge < -0.3 is 9.64 Å². The summed E-state index contributed by atoms with van der Waals surface area (Å²) in [6, 6.07) is 20.1. The molecule has 0 amide bonds. The summed E-state index contributed by atoms with van der Waals surface area (Å²) in [7, 11) is 2.06. The van der Waals surface area contributed by atoms with Crippen molar-refractivity contribution in [3.63, 3.8) is 0 Å². The maximum atomic E-state index is 6.15. The van der Waals surface area contributed by atoms with Gasteiger partial charge in [-0.05, 0) is 36.4 Å². The van der Waals surface area contributed by atoms with Crippen LogP contribution in [0.4, 0.5) is 11.4 Å². The van der Waals surface area contributed by atoms with Crippen molar-refractivity contribution in [1.29, 1.82) is 0 Å². The van der Waals surface area contributed by atoms with Crippen molar-refractivity contribution < 1.29 is 4.74 Å². The van der Waals surface area contributed by atoms with Gasteiger partial charge in [-0.25, -0.2) is 0 Å². The van der Waals surface area contributed by atoms with E-state index in [4.69, 9.17) is 4.74 Å². The van der Waals surface area contributed by atoms with Crippen LogP contribution in [-0.2, 0) is 0 Å². The topological polar surface area (TPSA) is 25.4 Å². The summed E-state index contributed by atoms with van der Waals surface area (Å²) >= 11 is 0. The van der Waals surface area contributed by atoms with Crippen molar-refractivity contribution in [3.8, 4) is 22.8 Å². The maximum absolute atomic E-state index is 6.15. The van der Waals surface area contributed by atoms with Crippen molar-refractivity contribution in [1.82, 2.24) is 4.98 Å². The van der Waals surface area contributed by atoms with Gasteiger partial charge in [-0.2, -0.15) is 0 Å². The lowest BCUT2D eigenvalue weighted by Gasteiger charge is -2.30. The minimum absolute atomic E-state index is 0.859. The molecule has 0 saturated carbocycles.